The number of nitrogens with one attached hydrogen (secondary N) is 1. The maximum atomic E-state index is 4.77. The molecule has 0 spiro atoms. The molecule has 0 aliphatic heterocycles. The SMILES string of the molecule is CCCc1cc(CNC(C)C)cc(N(C)C(C)C)n1. The van der Waals surface area contributed by atoms with Crippen molar-refractivity contribution in [2.24, 2.45) is 0 Å². The van der Waals surface area contributed by atoms with Gasteiger partial charge in [-0.25, -0.2) is 4.98 Å². The molecule has 0 amide bonds. The Morgan fingerprint density at radius 1 is 1.21 bits per heavy atom. The summed E-state index contributed by atoms with van der Waals surface area (Å²) in [4.78, 5) is 7.00. The molecular formula is C16H29N3. The predicted molar refractivity (Wildman–Crippen MR) is 83.7 cm³/mol. The zero-order valence-electron chi connectivity index (χ0n) is 13.3. The molecule has 3 heteroatoms. The predicted octanol–water partition coefficient (Wildman–Crippen LogP) is 3.38. The van der Waals surface area contributed by atoms with Crippen molar-refractivity contribution in [3.8, 4) is 0 Å². The fraction of sp³-hybridized carbons (Fsp3) is 0.688. The van der Waals surface area contributed by atoms with Crippen LogP contribution in [0, 0.1) is 0 Å². The third-order valence-electron chi connectivity index (χ3n) is 3.28. The Morgan fingerprint density at radius 2 is 1.89 bits per heavy atom. The molecule has 108 valence electrons. The van der Waals surface area contributed by atoms with Crippen LogP contribution < -0.4 is 10.2 Å². The average Bonchev–Trinajstić information content (AvgIpc) is 2.35. The summed E-state index contributed by atoms with van der Waals surface area (Å²) in [6.45, 7) is 11.9. The third kappa shape index (κ3) is 5.19. The van der Waals surface area contributed by atoms with E-state index in [1.54, 1.807) is 0 Å². The Kier molecular flexibility index (Phi) is 6.29. The summed E-state index contributed by atoms with van der Waals surface area (Å²) in [5.41, 5.74) is 2.53. The maximum Gasteiger partial charge on any atom is 0.129 e. The molecule has 0 radical (unpaired) electrons. The molecule has 1 aromatic heterocycles. The second kappa shape index (κ2) is 7.49. The Balaban J connectivity index is 2.96. The second-order valence-electron chi connectivity index (χ2n) is 5.82. The van der Waals surface area contributed by atoms with Gasteiger partial charge < -0.3 is 10.2 Å². The zero-order chi connectivity index (χ0) is 14.4. The van der Waals surface area contributed by atoms with Crippen molar-refractivity contribution in [2.75, 3.05) is 11.9 Å². The van der Waals surface area contributed by atoms with Gasteiger partial charge in [-0.15, -0.1) is 0 Å². The number of rotatable bonds is 7. The molecule has 19 heavy (non-hydrogen) atoms. The minimum Gasteiger partial charge on any atom is -0.357 e. The number of hydrogen-bond acceptors (Lipinski definition) is 3. The molecule has 1 N–H and O–H groups in total. The minimum absolute atomic E-state index is 0.468. The highest BCUT2D eigenvalue weighted by molar-refractivity contribution is 5.42. The first-order valence-electron chi connectivity index (χ1n) is 7.40. The summed E-state index contributed by atoms with van der Waals surface area (Å²) in [6.07, 6.45) is 2.19. The van der Waals surface area contributed by atoms with Crippen LogP contribution in [0.3, 0.4) is 0 Å². The van der Waals surface area contributed by atoms with E-state index in [0.717, 1.165) is 25.2 Å². The molecular weight excluding hydrogens is 234 g/mol. The fourth-order valence-electron chi connectivity index (χ4n) is 1.89. The zero-order valence-corrected chi connectivity index (χ0v) is 13.3. The molecule has 0 saturated carbocycles. The third-order valence-corrected chi connectivity index (χ3v) is 3.28. The van der Waals surface area contributed by atoms with Crippen LogP contribution in [0.15, 0.2) is 12.1 Å². The number of aromatic nitrogens is 1. The molecule has 3 nitrogen and oxygen atoms in total. The van der Waals surface area contributed by atoms with Crippen LogP contribution in [-0.2, 0) is 13.0 Å². The lowest BCUT2D eigenvalue weighted by Crippen LogP contribution is -2.27. The van der Waals surface area contributed by atoms with Gasteiger partial charge >= 0.3 is 0 Å². The molecule has 0 unspecified atom stereocenters. The smallest absolute Gasteiger partial charge is 0.129 e. The first kappa shape index (κ1) is 16.0. The lowest BCUT2D eigenvalue weighted by molar-refractivity contribution is 0.587. The molecule has 0 saturated heterocycles. The van der Waals surface area contributed by atoms with E-state index in [9.17, 15) is 0 Å². The summed E-state index contributed by atoms with van der Waals surface area (Å²) in [5.74, 6) is 1.08. The fourth-order valence-corrected chi connectivity index (χ4v) is 1.89. The van der Waals surface area contributed by atoms with E-state index in [1.165, 1.54) is 11.3 Å². The molecule has 0 fully saturated rings. The van der Waals surface area contributed by atoms with Crippen LogP contribution >= 0.6 is 0 Å². The first-order chi connectivity index (χ1) is 8.93. The number of aryl methyl sites for hydroxylation is 1. The lowest BCUT2D eigenvalue weighted by atomic mass is 10.1. The summed E-state index contributed by atoms with van der Waals surface area (Å²) in [7, 11) is 2.11. The van der Waals surface area contributed by atoms with Crippen molar-refractivity contribution in [3.63, 3.8) is 0 Å². The van der Waals surface area contributed by atoms with Gasteiger partial charge in [-0.1, -0.05) is 27.2 Å². The van der Waals surface area contributed by atoms with Gasteiger partial charge in [-0.3, -0.25) is 0 Å². The average molecular weight is 263 g/mol. The summed E-state index contributed by atoms with van der Waals surface area (Å²) < 4.78 is 0. The molecule has 0 atom stereocenters. The van der Waals surface area contributed by atoms with E-state index in [-0.39, 0.29) is 0 Å². The number of pyridine rings is 1. The van der Waals surface area contributed by atoms with Gasteiger partial charge in [0.15, 0.2) is 0 Å². The van der Waals surface area contributed by atoms with Crippen molar-refractivity contribution in [1.82, 2.24) is 10.3 Å². The normalized spacial score (nSPS) is 11.4. The maximum absolute atomic E-state index is 4.77. The van der Waals surface area contributed by atoms with Crippen LogP contribution in [0.2, 0.25) is 0 Å². The van der Waals surface area contributed by atoms with Gasteiger partial charge in [0.1, 0.15) is 5.82 Å². The van der Waals surface area contributed by atoms with Gasteiger partial charge in [-0.2, -0.15) is 0 Å². The van der Waals surface area contributed by atoms with E-state index in [4.69, 9.17) is 4.98 Å². The Bertz CT molecular complexity index is 386. The minimum atomic E-state index is 0.468. The van der Waals surface area contributed by atoms with E-state index in [2.05, 4.69) is 64.0 Å². The van der Waals surface area contributed by atoms with Gasteiger partial charge in [0.25, 0.3) is 0 Å². The van der Waals surface area contributed by atoms with E-state index in [1.807, 2.05) is 0 Å². The molecule has 1 rings (SSSR count). The van der Waals surface area contributed by atoms with Crippen molar-refractivity contribution < 1.29 is 0 Å². The Labute approximate surface area is 118 Å². The monoisotopic (exact) mass is 263 g/mol. The highest BCUT2D eigenvalue weighted by atomic mass is 15.2. The summed E-state index contributed by atoms with van der Waals surface area (Å²) >= 11 is 0. The van der Waals surface area contributed by atoms with Crippen LogP contribution in [0.25, 0.3) is 0 Å². The van der Waals surface area contributed by atoms with E-state index >= 15 is 0 Å². The van der Waals surface area contributed by atoms with Crippen LogP contribution in [-0.4, -0.2) is 24.1 Å². The van der Waals surface area contributed by atoms with E-state index in [0.29, 0.717) is 12.1 Å². The first-order valence-corrected chi connectivity index (χ1v) is 7.40. The Morgan fingerprint density at radius 3 is 2.42 bits per heavy atom. The van der Waals surface area contributed by atoms with Crippen LogP contribution in [0.5, 0.6) is 0 Å². The van der Waals surface area contributed by atoms with Crippen LogP contribution in [0.1, 0.15) is 52.3 Å². The molecule has 0 aliphatic rings. The van der Waals surface area contributed by atoms with Crippen molar-refractivity contribution in [3.05, 3.63) is 23.4 Å². The summed E-state index contributed by atoms with van der Waals surface area (Å²) in [5, 5.41) is 3.48. The molecule has 0 aliphatic carbocycles. The highest BCUT2D eigenvalue weighted by Crippen LogP contribution is 2.17. The van der Waals surface area contributed by atoms with Crippen LogP contribution in [0.4, 0.5) is 5.82 Å². The topological polar surface area (TPSA) is 28.2 Å². The van der Waals surface area contributed by atoms with Crippen molar-refractivity contribution in [2.45, 2.75) is 66.1 Å². The molecule has 0 bridgehead atoms. The van der Waals surface area contributed by atoms with Gasteiger partial charge in [-0.05, 0) is 38.0 Å². The highest BCUT2D eigenvalue weighted by Gasteiger charge is 2.09. The van der Waals surface area contributed by atoms with Crippen molar-refractivity contribution in [1.29, 1.82) is 0 Å². The van der Waals surface area contributed by atoms with Gasteiger partial charge in [0.2, 0.25) is 0 Å². The standard InChI is InChI=1S/C16H29N3/c1-7-8-15-9-14(11-17-12(2)3)10-16(18-15)19(6)13(4)5/h9-10,12-13,17H,7-8,11H2,1-6H3. The number of anilines is 1. The van der Waals surface area contributed by atoms with Gasteiger partial charge in [0, 0.05) is 31.4 Å². The number of nitrogens with zero attached hydrogens (tertiary/aromatic N) is 2. The summed E-state index contributed by atoms with van der Waals surface area (Å²) in [6, 6.07) is 5.41. The largest absolute Gasteiger partial charge is 0.357 e. The molecule has 0 aromatic carbocycles. The van der Waals surface area contributed by atoms with E-state index < -0.39 is 0 Å². The van der Waals surface area contributed by atoms with Gasteiger partial charge in [0.05, 0.1) is 0 Å². The molecule has 1 aromatic rings. The number of hydrogen-bond donors (Lipinski definition) is 1. The second-order valence-corrected chi connectivity index (χ2v) is 5.82. The molecule has 1 heterocycles. The quantitative estimate of drug-likeness (QED) is 0.817. The lowest BCUT2D eigenvalue weighted by Gasteiger charge is -2.24. The van der Waals surface area contributed by atoms with Crippen molar-refractivity contribution >= 4 is 5.82 Å². The Hall–Kier alpha value is -1.09.